The Labute approximate surface area is 173 Å². The van der Waals surface area contributed by atoms with Crippen LogP contribution < -0.4 is 10.1 Å². The van der Waals surface area contributed by atoms with Crippen LogP contribution in [0.15, 0.2) is 48.5 Å². The van der Waals surface area contributed by atoms with Crippen molar-refractivity contribution in [3.63, 3.8) is 0 Å². The molecule has 29 heavy (non-hydrogen) atoms. The molecule has 1 saturated heterocycles. The topological polar surface area (TPSA) is 84.9 Å². The van der Waals surface area contributed by atoms with Crippen LogP contribution in [0.4, 0.5) is 0 Å². The number of methoxy groups -OCH3 is 2. The van der Waals surface area contributed by atoms with Crippen LogP contribution in [-0.2, 0) is 16.1 Å². The Kier molecular flexibility index (Phi) is 6.77. The zero-order valence-corrected chi connectivity index (χ0v) is 17.0. The number of rotatable bonds is 6. The van der Waals surface area contributed by atoms with Crippen LogP contribution >= 0.6 is 11.8 Å². The molecule has 1 fully saturated rings. The Hall–Kier alpha value is -3.00. The van der Waals surface area contributed by atoms with Crippen molar-refractivity contribution in [1.82, 2.24) is 10.2 Å². The molecule has 0 spiro atoms. The first-order chi connectivity index (χ1) is 14.0. The first kappa shape index (κ1) is 20.7. The number of ether oxygens (including phenoxy) is 2. The second kappa shape index (κ2) is 9.47. The second-order valence-electron chi connectivity index (χ2n) is 6.40. The Morgan fingerprint density at radius 2 is 1.90 bits per heavy atom. The highest BCUT2D eigenvalue weighted by Gasteiger charge is 2.34. The van der Waals surface area contributed by atoms with E-state index in [9.17, 15) is 14.4 Å². The molecular formula is C21H22N2O5S. The van der Waals surface area contributed by atoms with Crippen molar-refractivity contribution in [2.24, 2.45) is 0 Å². The lowest BCUT2D eigenvalue weighted by Crippen LogP contribution is -2.47. The van der Waals surface area contributed by atoms with E-state index in [1.807, 2.05) is 6.07 Å². The lowest BCUT2D eigenvalue weighted by Gasteiger charge is -2.23. The number of nitrogens with zero attached hydrogens (tertiary/aromatic N) is 1. The van der Waals surface area contributed by atoms with Gasteiger partial charge in [-0.1, -0.05) is 24.3 Å². The molecule has 0 aliphatic carbocycles. The predicted octanol–water partition coefficient (Wildman–Crippen LogP) is 2.31. The number of nitrogens with one attached hydrogen (secondary N) is 1. The van der Waals surface area contributed by atoms with E-state index in [2.05, 4.69) is 5.32 Å². The number of benzene rings is 2. The van der Waals surface area contributed by atoms with Crippen molar-refractivity contribution < 1.29 is 23.9 Å². The fourth-order valence-corrected chi connectivity index (χ4v) is 4.20. The Bertz CT molecular complexity index is 903. The molecule has 1 aliphatic heterocycles. The van der Waals surface area contributed by atoms with Gasteiger partial charge in [-0.05, 0) is 29.8 Å². The zero-order chi connectivity index (χ0) is 20.8. The molecule has 0 aromatic heterocycles. The summed E-state index contributed by atoms with van der Waals surface area (Å²) < 4.78 is 9.95. The van der Waals surface area contributed by atoms with Gasteiger partial charge in [0.15, 0.2) is 0 Å². The number of carbonyl (C=O) groups excluding carboxylic acids is 3. The van der Waals surface area contributed by atoms with Crippen molar-refractivity contribution in [2.75, 3.05) is 25.8 Å². The van der Waals surface area contributed by atoms with Crippen molar-refractivity contribution >= 4 is 29.5 Å². The first-order valence-electron chi connectivity index (χ1n) is 9.02. The van der Waals surface area contributed by atoms with E-state index in [0.29, 0.717) is 28.5 Å². The monoisotopic (exact) mass is 414 g/mol. The average Bonchev–Trinajstić information content (AvgIpc) is 3.26. The third-order valence-corrected chi connectivity index (χ3v) is 5.61. The molecular weight excluding hydrogens is 392 g/mol. The van der Waals surface area contributed by atoms with Crippen molar-refractivity contribution in [3.05, 3.63) is 65.2 Å². The van der Waals surface area contributed by atoms with Crippen LogP contribution in [0, 0.1) is 0 Å². The molecule has 0 radical (unpaired) electrons. The highest BCUT2D eigenvalue weighted by Crippen LogP contribution is 2.24. The molecule has 2 aromatic rings. The fourth-order valence-electron chi connectivity index (χ4n) is 3.05. The van der Waals surface area contributed by atoms with Crippen LogP contribution in [0.5, 0.6) is 5.75 Å². The van der Waals surface area contributed by atoms with E-state index in [1.165, 1.54) is 14.2 Å². The smallest absolute Gasteiger partial charge is 0.341 e. The SMILES string of the molecule is COC(=O)c1cc(CNC(=O)[C@@H]2CSCN2C(=O)c2ccccc2)ccc1OC. The van der Waals surface area contributed by atoms with Crippen LogP contribution in [0.3, 0.4) is 0 Å². The largest absolute Gasteiger partial charge is 0.496 e. The van der Waals surface area contributed by atoms with Gasteiger partial charge in [0.05, 0.1) is 20.1 Å². The number of hydrogen-bond donors (Lipinski definition) is 1. The maximum Gasteiger partial charge on any atom is 0.341 e. The van der Waals surface area contributed by atoms with E-state index in [0.717, 1.165) is 5.56 Å². The number of carbonyl (C=O) groups is 3. The van der Waals surface area contributed by atoms with Gasteiger partial charge in [0.2, 0.25) is 5.91 Å². The molecule has 0 unspecified atom stereocenters. The van der Waals surface area contributed by atoms with Crippen molar-refractivity contribution in [1.29, 1.82) is 0 Å². The molecule has 7 nitrogen and oxygen atoms in total. The van der Waals surface area contributed by atoms with E-state index < -0.39 is 12.0 Å². The predicted molar refractivity (Wildman–Crippen MR) is 110 cm³/mol. The van der Waals surface area contributed by atoms with E-state index in [4.69, 9.17) is 9.47 Å². The van der Waals surface area contributed by atoms with Gasteiger partial charge in [0.1, 0.15) is 17.4 Å². The highest BCUT2D eigenvalue weighted by atomic mass is 32.2. The first-order valence-corrected chi connectivity index (χ1v) is 10.2. The average molecular weight is 414 g/mol. The standard InChI is InChI=1S/C21H22N2O5S/c1-27-18-9-8-14(10-16(18)21(26)28-2)11-22-19(24)17-12-29-13-23(17)20(25)15-6-4-3-5-7-15/h3-10,17H,11-13H2,1-2H3,(H,22,24)/t17-/m0/s1. The van der Waals surface area contributed by atoms with Gasteiger partial charge in [-0.25, -0.2) is 4.79 Å². The summed E-state index contributed by atoms with van der Waals surface area (Å²) in [6.45, 7) is 0.224. The molecule has 1 atom stereocenters. The Balaban J connectivity index is 1.67. The Morgan fingerprint density at radius 3 is 2.59 bits per heavy atom. The lowest BCUT2D eigenvalue weighted by molar-refractivity contribution is -0.124. The van der Waals surface area contributed by atoms with E-state index >= 15 is 0 Å². The van der Waals surface area contributed by atoms with Crippen LogP contribution in [0.1, 0.15) is 26.3 Å². The van der Waals surface area contributed by atoms with Gasteiger partial charge >= 0.3 is 5.97 Å². The number of esters is 1. The molecule has 2 aromatic carbocycles. The van der Waals surface area contributed by atoms with Gasteiger partial charge in [-0.3, -0.25) is 9.59 Å². The van der Waals surface area contributed by atoms with Gasteiger partial charge in [0.25, 0.3) is 5.91 Å². The summed E-state index contributed by atoms with van der Waals surface area (Å²) in [4.78, 5) is 39.0. The van der Waals surface area contributed by atoms with Crippen molar-refractivity contribution in [2.45, 2.75) is 12.6 Å². The molecule has 0 bridgehead atoms. The maximum absolute atomic E-state index is 12.7. The van der Waals surface area contributed by atoms with Crippen LogP contribution in [-0.4, -0.2) is 54.6 Å². The molecule has 2 amide bonds. The lowest BCUT2D eigenvalue weighted by atomic mass is 10.1. The van der Waals surface area contributed by atoms with Crippen molar-refractivity contribution in [3.8, 4) is 5.75 Å². The minimum atomic E-state index is -0.536. The highest BCUT2D eigenvalue weighted by molar-refractivity contribution is 7.99. The molecule has 1 N–H and O–H groups in total. The summed E-state index contributed by atoms with van der Waals surface area (Å²) in [5, 5.41) is 2.86. The van der Waals surface area contributed by atoms with Crippen LogP contribution in [0.2, 0.25) is 0 Å². The van der Waals surface area contributed by atoms with Crippen LogP contribution in [0.25, 0.3) is 0 Å². The quantitative estimate of drug-likeness (QED) is 0.731. The van der Waals surface area contributed by atoms with Gasteiger partial charge in [0, 0.05) is 17.9 Å². The molecule has 0 saturated carbocycles. The maximum atomic E-state index is 12.7. The third-order valence-electron chi connectivity index (χ3n) is 4.60. The Morgan fingerprint density at radius 1 is 1.14 bits per heavy atom. The second-order valence-corrected chi connectivity index (χ2v) is 7.40. The molecule has 152 valence electrons. The van der Waals surface area contributed by atoms with E-state index in [-0.39, 0.29) is 18.4 Å². The molecule has 1 heterocycles. The zero-order valence-electron chi connectivity index (χ0n) is 16.2. The number of hydrogen-bond acceptors (Lipinski definition) is 6. The number of thioether (sulfide) groups is 1. The fraction of sp³-hybridized carbons (Fsp3) is 0.286. The summed E-state index contributed by atoms with van der Waals surface area (Å²) >= 11 is 1.54. The molecule has 1 aliphatic rings. The minimum Gasteiger partial charge on any atom is -0.496 e. The molecule has 3 rings (SSSR count). The minimum absolute atomic E-state index is 0.159. The van der Waals surface area contributed by atoms with Gasteiger partial charge in [-0.2, -0.15) is 0 Å². The van der Waals surface area contributed by atoms with Gasteiger partial charge in [-0.15, -0.1) is 11.8 Å². The molecule has 8 heteroatoms. The normalized spacial score (nSPS) is 15.7. The summed E-state index contributed by atoms with van der Waals surface area (Å²) in [5.41, 5.74) is 1.58. The summed E-state index contributed by atoms with van der Waals surface area (Å²) in [6, 6.07) is 13.4. The number of amides is 2. The summed E-state index contributed by atoms with van der Waals surface area (Å²) in [6.07, 6.45) is 0. The summed E-state index contributed by atoms with van der Waals surface area (Å²) in [5.74, 6) is 0.518. The third kappa shape index (κ3) is 4.71. The van der Waals surface area contributed by atoms with E-state index in [1.54, 1.807) is 59.1 Å². The van der Waals surface area contributed by atoms with Gasteiger partial charge < -0.3 is 19.7 Å². The summed E-state index contributed by atoms with van der Waals surface area (Å²) in [7, 11) is 2.77.